The highest BCUT2D eigenvalue weighted by Crippen LogP contribution is 2.28. The van der Waals surface area contributed by atoms with E-state index in [2.05, 4.69) is 30.7 Å². The Morgan fingerprint density at radius 3 is 2.64 bits per heavy atom. The van der Waals surface area contributed by atoms with Crippen LogP contribution in [0.4, 0.5) is 19.0 Å². The molecule has 10 nitrogen and oxygen atoms in total. The lowest BCUT2D eigenvalue weighted by molar-refractivity contribution is -0.141. The Balaban J connectivity index is 1.51. The lowest BCUT2D eigenvalue weighted by atomic mass is 10.1. The van der Waals surface area contributed by atoms with Gasteiger partial charge in [0.15, 0.2) is 11.5 Å². The van der Waals surface area contributed by atoms with E-state index in [1.165, 1.54) is 17.9 Å². The van der Waals surface area contributed by atoms with Gasteiger partial charge in [-0.3, -0.25) is 19.3 Å². The molecule has 0 saturated heterocycles. The van der Waals surface area contributed by atoms with E-state index in [1.807, 2.05) is 0 Å². The predicted octanol–water partition coefficient (Wildman–Crippen LogP) is 2.90. The van der Waals surface area contributed by atoms with Crippen molar-refractivity contribution < 1.29 is 27.5 Å². The molecular weight excluding hydrogens is 479 g/mol. The number of methoxy groups -OCH3 is 1. The van der Waals surface area contributed by atoms with E-state index in [1.54, 1.807) is 31.3 Å². The molecule has 0 radical (unpaired) electrons. The molecule has 4 aromatic rings. The quantitative estimate of drug-likeness (QED) is 0.401. The van der Waals surface area contributed by atoms with Crippen molar-refractivity contribution in [3.05, 3.63) is 71.4 Å². The number of halogens is 3. The number of anilines is 1. The van der Waals surface area contributed by atoms with Crippen LogP contribution in [0.5, 0.6) is 5.75 Å². The zero-order valence-corrected chi connectivity index (χ0v) is 19.1. The SMILES string of the molecule is COc1cccc(CC(=O)Nc2nn(C)c3c(C(=O)NCc4ccnc(C(F)(F)F)c4)ncnc23)c1. The van der Waals surface area contributed by atoms with E-state index in [0.29, 0.717) is 5.75 Å². The molecule has 0 aliphatic rings. The topological polar surface area (TPSA) is 124 Å². The molecule has 0 fully saturated rings. The Hall–Kier alpha value is -4.55. The lowest BCUT2D eigenvalue weighted by Gasteiger charge is -2.09. The van der Waals surface area contributed by atoms with Crippen molar-refractivity contribution >= 4 is 28.7 Å². The fraction of sp³-hybridized carbons (Fsp3) is 0.217. The fourth-order valence-corrected chi connectivity index (χ4v) is 3.51. The van der Waals surface area contributed by atoms with Crippen molar-refractivity contribution in [1.29, 1.82) is 0 Å². The third-order valence-corrected chi connectivity index (χ3v) is 5.16. The summed E-state index contributed by atoms with van der Waals surface area (Å²) >= 11 is 0. The summed E-state index contributed by atoms with van der Waals surface area (Å²) in [5.41, 5.74) is 0.323. The number of rotatable bonds is 7. The monoisotopic (exact) mass is 499 g/mol. The third kappa shape index (κ3) is 5.40. The first-order valence-electron chi connectivity index (χ1n) is 10.6. The van der Waals surface area contributed by atoms with Gasteiger partial charge in [-0.1, -0.05) is 12.1 Å². The molecule has 3 aromatic heterocycles. The van der Waals surface area contributed by atoms with Gasteiger partial charge in [0, 0.05) is 19.8 Å². The highest BCUT2D eigenvalue weighted by atomic mass is 19.4. The van der Waals surface area contributed by atoms with Crippen LogP contribution >= 0.6 is 0 Å². The number of carbonyl (C=O) groups is 2. The second-order valence-electron chi connectivity index (χ2n) is 7.70. The predicted molar refractivity (Wildman–Crippen MR) is 122 cm³/mol. The van der Waals surface area contributed by atoms with Gasteiger partial charge in [-0.25, -0.2) is 9.97 Å². The summed E-state index contributed by atoms with van der Waals surface area (Å²) in [6, 6.07) is 9.28. The molecule has 0 bridgehead atoms. The molecule has 0 unspecified atom stereocenters. The zero-order valence-electron chi connectivity index (χ0n) is 19.1. The van der Waals surface area contributed by atoms with Crippen molar-refractivity contribution in [1.82, 2.24) is 30.0 Å². The largest absolute Gasteiger partial charge is 0.497 e. The standard InChI is InChI=1S/C23H20F3N7O3/c1-33-20-18(21(32-33)31-17(34)10-13-4-3-5-15(8-13)36-2)29-12-30-19(20)22(35)28-11-14-6-7-27-16(9-14)23(24,25)26/h3-9,12H,10-11H2,1-2H3,(H,28,35)(H,31,32,34). The molecule has 0 saturated carbocycles. The third-order valence-electron chi connectivity index (χ3n) is 5.16. The Morgan fingerprint density at radius 2 is 1.89 bits per heavy atom. The molecule has 36 heavy (non-hydrogen) atoms. The normalized spacial score (nSPS) is 11.4. The molecule has 0 spiro atoms. The summed E-state index contributed by atoms with van der Waals surface area (Å²) in [6.45, 7) is -0.183. The molecule has 186 valence electrons. The maximum absolute atomic E-state index is 12.9. The first kappa shape index (κ1) is 24.6. The number of amides is 2. The minimum Gasteiger partial charge on any atom is -0.497 e. The average molecular weight is 499 g/mol. The van der Waals surface area contributed by atoms with Crippen LogP contribution in [-0.2, 0) is 31.0 Å². The Kier molecular flexibility index (Phi) is 6.81. The van der Waals surface area contributed by atoms with Gasteiger partial charge in [-0.2, -0.15) is 18.3 Å². The lowest BCUT2D eigenvalue weighted by Crippen LogP contribution is -2.25. The van der Waals surface area contributed by atoms with E-state index in [-0.39, 0.29) is 47.0 Å². The Bertz CT molecular complexity index is 1440. The Morgan fingerprint density at radius 1 is 1.08 bits per heavy atom. The summed E-state index contributed by atoms with van der Waals surface area (Å²) in [7, 11) is 3.09. The minimum absolute atomic E-state index is 0.0478. The molecule has 3 heterocycles. The Labute approximate surface area is 202 Å². The van der Waals surface area contributed by atoms with E-state index >= 15 is 0 Å². The summed E-state index contributed by atoms with van der Waals surface area (Å²) in [5.74, 6) is -0.245. The molecule has 2 N–H and O–H groups in total. The molecule has 0 aliphatic carbocycles. The maximum Gasteiger partial charge on any atom is 0.433 e. The highest BCUT2D eigenvalue weighted by Gasteiger charge is 2.32. The van der Waals surface area contributed by atoms with Gasteiger partial charge in [0.05, 0.1) is 13.5 Å². The molecule has 0 aliphatic heterocycles. The second kappa shape index (κ2) is 9.98. The number of carbonyl (C=O) groups excluding carboxylic acids is 2. The first-order valence-corrected chi connectivity index (χ1v) is 10.6. The number of benzene rings is 1. The molecule has 13 heteroatoms. The summed E-state index contributed by atoms with van der Waals surface area (Å²) in [4.78, 5) is 36.9. The van der Waals surface area contributed by atoms with Gasteiger partial charge in [0.2, 0.25) is 5.91 Å². The molecular formula is C23H20F3N7O3. The maximum atomic E-state index is 12.9. The van der Waals surface area contributed by atoms with Crippen LogP contribution in [0.2, 0.25) is 0 Å². The van der Waals surface area contributed by atoms with Crippen LogP contribution in [0.1, 0.15) is 27.3 Å². The number of hydrogen-bond donors (Lipinski definition) is 2. The summed E-state index contributed by atoms with van der Waals surface area (Å²) < 4.78 is 45.2. The van der Waals surface area contributed by atoms with Crippen LogP contribution in [0.15, 0.2) is 48.9 Å². The molecule has 2 amide bonds. The van der Waals surface area contributed by atoms with Crippen LogP contribution < -0.4 is 15.4 Å². The first-order chi connectivity index (χ1) is 17.2. The average Bonchev–Trinajstić information content (AvgIpc) is 3.17. The van der Waals surface area contributed by atoms with Gasteiger partial charge in [0.25, 0.3) is 5.91 Å². The number of hydrogen-bond acceptors (Lipinski definition) is 7. The van der Waals surface area contributed by atoms with E-state index in [9.17, 15) is 22.8 Å². The highest BCUT2D eigenvalue weighted by molar-refractivity contribution is 6.07. The molecule has 4 rings (SSSR count). The van der Waals surface area contributed by atoms with Crippen molar-refractivity contribution in [2.45, 2.75) is 19.1 Å². The van der Waals surface area contributed by atoms with Crippen LogP contribution in [0.3, 0.4) is 0 Å². The van der Waals surface area contributed by atoms with Crippen LogP contribution in [0, 0.1) is 0 Å². The smallest absolute Gasteiger partial charge is 0.433 e. The fourth-order valence-electron chi connectivity index (χ4n) is 3.51. The number of aryl methyl sites for hydroxylation is 1. The van der Waals surface area contributed by atoms with E-state index < -0.39 is 17.8 Å². The van der Waals surface area contributed by atoms with E-state index in [4.69, 9.17) is 4.74 Å². The van der Waals surface area contributed by atoms with Gasteiger partial charge in [-0.15, -0.1) is 0 Å². The number of ether oxygens (including phenoxy) is 1. The van der Waals surface area contributed by atoms with Crippen LogP contribution in [-0.4, -0.2) is 43.7 Å². The number of nitrogens with one attached hydrogen (secondary N) is 2. The zero-order chi connectivity index (χ0) is 25.9. The van der Waals surface area contributed by atoms with Crippen molar-refractivity contribution in [3.8, 4) is 5.75 Å². The van der Waals surface area contributed by atoms with Crippen molar-refractivity contribution in [2.75, 3.05) is 12.4 Å². The van der Waals surface area contributed by atoms with Crippen LogP contribution in [0.25, 0.3) is 11.0 Å². The second-order valence-corrected chi connectivity index (χ2v) is 7.70. The minimum atomic E-state index is -4.60. The number of aromatic nitrogens is 5. The van der Waals surface area contributed by atoms with Gasteiger partial charge in [0.1, 0.15) is 28.8 Å². The van der Waals surface area contributed by atoms with Crippen molar-refractivity contribution in [2.24, 2.45) is 7.05 Å². The summed E-state index contributed by atoms with van der Waals surface area (Å²) in [6.07, 6.45) is -2.37. The number of pyridine rings is 1. The summed E-state index contributed by atoms with van der Waals surface area (Å²) in [5, 5.41) is 9.48. The molecule has 0 atom stereocenters. The number of alkyl halides is 3. The van der Waals surface area contributed by atoms with Crippen molar-refractivity contribution in [3.63, 3.8) is 0 Å². The van der Waals surface area contributed by atoms with Gasteiger partial charge < -0.3 is 15.4 Å². The van der Waals surface area contributed by atoms with Gasteiger partial charge >= 0.3 is 6.18 Å². The van der Waals surface area contributed by atoms with E-state index in [0.717, 1.165) is 24.2 Å². The van der Waals surface area contributed by atoms with Gasteiger partial charge in [-0.05, 0) is 35.4 Å². The number of nitrogens with zero attached hydrogens (tertiary/aromatic N) is 5. The number of fused-ring (bicyclic) bond motifs is 1. The molecule has 1 aromatic carbocycles.